The van der Waals surface area contributed by atoms with Gasteiger partial charge in [0.25, 0.3) is 0 Å². The minimum Gasteiger partial charge on any atom is -0.388 e. The van der Waals surface area contributed by atoms with Crippen LogP contribution >= 0.6 is 0 Å². The van der Waals surface area contributed by atoms with Crippen molar-refractivity contribution in [1.29, 1.82) is 0 Å². The Hall–Kier alpha value is -1.36. The Balaban J connectivity index is -0.000000141. The minimum absolute atomic E-state index is 0. The molecule has 0 fully saturated rings. The molecule has 1 rings (SSSR count). The Morgan fingerprint density at radius 2 is 1.86 bits per heavy atom. The number of aliphatic imine (C=N–C) groups is 1. The zero-order chi connectivity index (χ0) is 10.7. The van der Waals surface area contributed by atoms with Gasteiger partial charge in [0, 0.05) is 7.05 Å². The number of nitrogens with one attached hydrogen (secondary N) is 1. The molecule has 0 atom stereocenters. The molecule has 0 aliphatic heterocycles. The fourth-order valence-electron chi connectivity index (χ4n) is 0.364. The van der Waals surface area contributed by atoms with Gasteiger partial charge in [-0.2, -0.15) is 0 Å². The molecule has 0 aliphatic carbocycles. The number of amidine groups is 1. The fourth-order valence-corrected chi connectivity index (χ4v) is 0.364. The number of hydrogen-bond donors (Lipinski definition) is 3. The molecule has 0 aliphatic rings. The molecule has 0 saturated heterocycles. The molecular formula is C9H24N5+. The maximum absolute atomic E-state index is 5.04. The third-order valence-corrected chi connectivity index (χ3v) is 1.04. The van der Waals surface area contributed by atoms with Crippen molar-refractivity contribution in [2.75, 3.05) is 7.05 Å². The van der Waals surface area contributed by atoms with E-state index in [0.717, 1.165) is 0 Å². The molecule has 14 heavy (non-hydrogen) atoms. The normalized spacial score (nSPS) is 8.50. The smallest absolute Gasteiger partial charge is 0.241 e. The number of aromatic amines is 1. The quantitative estimate of drug-likeness (QED) is 0.333. The van der Waals surface area contributed by atoms with Crippen molar-refractivity contribution in [2.45, 2.75) is 20.8 Å². The highest BCUT2D eigenvalue weighted by Gasteiger charge is 1.78. The van der Waals surface area contributed by atoms with Crippen molar-refractivity contribution in [3.63, 3.8) is 0 Å². The van der Waals surface area contributed by atoms with Gasteiger partial charge in [0.2, 0.25) is 6.33 Å². The number of aryl methyl sites for hydroxylation is 1. The van der Waals surface area contributed by atoms with Crippen molar-refractivity contribution < 1.29 is 4.57 Å². The maximum atomic E-state index is 5.04. The first-order valence-corrected chi connectivity index (χ1v) is 4.33. The zero-order valence-corrected chi connectivity index (χ0v) is 9.91. The Labute approximate surface area is 86.6 Å². The second-order valence-corrected chi connectivity index (χ2v) is 2.14. The third kappa shape index (κ3) is 16.9. The van der Waals surface area contributed by atoms with E-state index < -0.39 is 0 Å². The van der Waals surface area contributed by atoms with Gasteiger partial charge in [0.15, 0.2) is 0 Å². The summed E-state index contributed by atoms with van der Waals surface area (Å²) in [5.41, 5.74) is 5.04. The molecule has 0 spiro atoms. The summed E-state index contributed by atoms with van der Waals surface area (Å²) in [7, 11) is 3.63. The Morgan fingerprint density at radius 1 is 1.43 bits per heavy atom. The van der Waals surface area contributed by atoms with Gasteiger partial charge >= 0.3 is 0 Å². The summed E-state index contributed by atoms with van der Waals surface area (Å²) in [5, 5.41) is 0. The maximum Gasteiger partial charge on any atom is 0.241 e. The SMILES string of the molecule is CC.CN=C(C)N.C[n+]1cc[nH]c1.N. The molecule has 5 heteroatoms. The van der Waals surface area contributed by atoms with Crippen molar-refractivity contribution >= 4 is 5.84 Å². The minimum atomic E-state index is 0. The standard InChI is InChI=1S/C4H6N2.C3H8N2.C2H6.H3N/c1-6-3-2-5-4-6;1-3(4)5-2;1-2;/h2-4H,1H3;1-2H3,(H2,4,5);1-2H3;1H3/p+1. The molecule has 1 aromatic heterocycles. The van der Waals surface area contributed by atoms with E-state index in [4.69, 9.17) is 5.73 Å². The Bertz CT molecular complexity index is 199. The molecule has 0 bridgehead atoms. The molecule has 0 aromatic carbocycles. The molecule has 5 nitrogen and oxygen atoms in total. The van der Waals surface area contributed by atoms with E-state index in [-0.39, 0.29) is 6.15 Å². The lowest BCUT2D eigenvalue weighted by Crippen LogP contribution is -2.22. The van der Waals surface area contributed by atoms with E-state index in [0.29, 0.717) is 5.84 Å². The number of nitrogens with zero attached hydrogens (tertiary/aromatic N) is 2. The van der Waals surface area contributed by atoms with Gasteiger partial charge in [-0.15, -0.1) is 0 Å². The van der Waals surface area contributed by atoms with Crippen molar-refractivity contribution in [3.05, 3.63) is 18.7 Å². The van der Waals surface area contributed by atoms with Crippen LogP contribution in [-0.2, 0) is 7.05 Å². The number of H-pyrrole nitrogens is 1. The van der Waals surface area contributed by atoms with E-state index in [1.807, 2.05) is 44.2 Å². The first-order valence-electron chi connectivity index (χ1n) is 4.33. The van der Waals surface area contributed by atoms with E-state index in [1.165, 1.54) is 0 Å². The molecule has 0 saturated carbocycles. The van der Waals surface area contributed by atoms with Crippen LogP contribution in [0.15, 0.2) is 23.7 Å². The van der Waals surface area contributed by atoms with Gasteiger partial charge in [0.1, 0.15) is 12.4 Å². The summed E-state index contributed by atoms with van der Waals surface area (Å²) in [5.74, 6) is 0.630. The summed E-state index contributed by atoms with van der Waals surface area (Å²) in [6.07, 6.45) is 5.69. The van der Waals surface area contributed by atoms with Gasteiger partial charge in [0.05, 0.1) is 12.9 Å². The van der Waals surface area contributed by atoms with Gasteiger partial charge in [-0.25, -0.2) is 4.57 Å². The lowest BCUT2D eigenvalue weighted by molar-refractivity contribution is -0.670. The molecule has 0 amide bonds. The average molecular weight is 202 g/mol. The average Bonchev–Trinajstić information content (AvgIpc) is 2.60. The molecule has 1 aromatic rings. The van der Waals surface area contributed by atoms with Crippen LogP contribution in [0.1, 0.15) is 20.8 Å². The lowest BCUT2D eigenvalue weighted by atomic mass is 10.7. The second kappa shape index (κ2) is 14.2. The van der Waals surface area contributed by atoms with Gasteiger partial charge in [-0.05, 0) is 6.92 Å². The highest BCUT2D eigenvalue weighted by Crippen LogP contribution is 1.59. The summed E-state index contributed by atoms with van der Waals surface area (Å²) in [6.45, 7) is 5.75. The van der Waals surface area contributed by atoms with Crippen LogP contribution in [0.3, 0.4) is 0 Å². The lowest BCUT2D eigenvalue weighted by Gasteiger charge is -1.76. The van der Waals surface area contributed by atoms with Gasteiger partial charge < -0.3 is 11.9 Å². The second-order valence-electron chi connectivity index (χ2n) is 2.14. The molecule has 1 heterocycles. The predicted molar refractivity (Wildman–Crippen MR) is 61.6 cm³/mol. The molecular weight excluding hydrogens is 178 g/mol. The van der Waals surface area contributed by atoms with Crippen LogP contribution in [-0.4, -0.2) is 17.9 Å². The number of rotatable bonds is 0. The largest absolute Gasteiger partial charge is 0.388 e. The molecule has 84 valence electrons. The summed E-state index contributed by atoms with van der Waals surface area (Å²) in [4.78, 5) is 6.48. The van der Waals surface area contributed by atoms with Crippen LogP contribution in [0.4, 0.5) is 0 Å². The number of imidazole rings is 1. The van der Waals surface area contributed by atoms with Crippen LogP contribution < -0.4 is 16.5 Å². The van der Waals surface area contributed by atoms with E-state index in [9.17, 15) is 0 Å². The predicted octanol–water partition coefficient (Wildman–Crippen LogP) is 1.02. The highest BCUT2D eigenvalue weighted by molar-refractivity contribution is 5.77. The van der Waals surface area contributed by atoms with Crippen LogP contribution in [0.2, 0.25) is 0 Å². The molecule has 0 unspecified atom stereocenters. The third-order valence-electron chi connectivity index (χ3n) is 1.04. The highest BCUT2D eigenvalue weighted by atomic mass is 15.0. The Kier molecular flexibility index (Phi) is 18.7. The van der Waals surface area contributed by atoms with Gasteiger partial charge in [-0.1, -0.05) is 13.8 Å². The van der Waals surface area contributed by atoms with Crippen molar-refractivity contribution in [3.8, 4) is 0 Å². The molecule has 6 N–H and O–H groups in total. The summed E-state index contributed by atoms with van der Waals surface area (Å²) >= 11 is 0. The number of hydrogen-bond acceptors (Lipinski definition) is 2. The Morgan fingerprint density at radius 3 is 1.93 bits per heavy atom. The van der Waals surface area contributed by atoms with Crippen LogP contribution in [0, 0.1) is 0 Å². The topological polar surface area (TPSA) is 93.0 Å². The van der Waals surface area contributed by atoms with Gasteiger partial charge in [-0.3, -0.25) is 9.98 Å². The monoisotopic (exact) mass is 202 g/mol. The number of aromatic nitrogens is 2. The van der Waals surface area contributed by atoms with Crippen molar-refractivity contribution in [1.82, 2.24) is 11.1 Å². The summed E-state index contributed by atoms with van der Waals surface area (Å²) < 4.78 is 1.94. The van der Waals surface area contributed by atoms with E-state index in [2.05, 4.69) is 9.98 Å². The van der Waals surface area contributed by atoms with Crippen LogP contribution in [0.5, 0.6) is 0 Å². The van der Waals surface area contributed by atoms with E-state index >= 15 is 0 Å². The molecule has 0 radical (unpaired) electrons. The first kappa shape index (κ1) is 18.4. The first-order chi connectivity index (χ1) is 6.16. The zero-order valence-electron chi connectivity index (χ0n) is 9.91. The fraction of sp³-hybridized carbons (Fsp3) is 0.556. The number of nitrogens with two attached hydrogens (primary N) is 1. The van der Waals surface area contributed by atoms with Crippen LogP contribution in [0.25, 0.3) is 0 Å². The van der Waals surface area contributed by atoms with E-state index in [1.54, 1.807) is 14.0 Å². The van der Waals surface area contributed by atoms with Crippen molar-refractivity contribution in [2.24, 2.45) is 17.8 Å². The summed E-state index contributed by atoms with van der Waals surface area (Å²) in [6, 6.07) is 0.